The summed E-state index contributed by atoms with van der Waals surface area (Å²) in [5.74, 6) is 0.854. The van der Waals surface area contributed by atoms with Crippen molar-refractivity contribution in [2.45, 2.75) is 19.4 Å². The van der Waals surface area contributed by atoms with Crippen LogP contribution in [0.1, 0.15) is 18.4 Å². The molecule has 0 radical (unpaired) electrons. The molecule has 7 heteroatoms. The topological polar surface area (TPSA) is 67.6 Å². The van der Waals surface area contributed by atoms with E-state index >= 15 is 0 Å². The third kappa shape index (κ3) is 3.99. The number of ether oxygens (including phenoxy) is 1. The zero-order chi connectivity index (χ0) is 19.5. The van der Waals surface area contributed by atoms with Gasteiger partial charge in [-0.05, 0) is 43.2 Å². The number of fused-ring (bicyclic) bond motifs is 1. The molecule has 1 saturated heterocycles. The van der Waals surface area contributed by atoms with Gasteiger partial charge in [0.15, 0.2) is 5.58 Å². The maximum Gasteiger partial charge on any atom is 0.298 e. The van der Waals surface area contributed by atoms with Crippen molar-refractivity contribution in [1.29, 1.82) is 0 Å². The number of methoxy groups -OCH3 is 1. The highest BCUT2D eigenvalue weighted by molar-refractivity contribution is 9.10. The molecule has 0 unspecified atom stereocenters. The van der Waals surface area contributed by atoms with E-state index in [0.29, 0.717) is 12.6 Å². The van der Waals surface area contributed by atoms with Crippen molar-refractivity contribution in [3.8, 4) is 5.75 Å². The summed E-state index contributed by atoms with van der Waals surface area (Å²) in [6, 6.07) is 14.2. The third-order valence-corrected chi connectivity index (χ3v) is 5.61. The number of piperidine rings is 1. The number of oxazole rings is 1. The Morgan fingerprint density at radius 2 is 2.07 bits per heavy atom. The Bertz CT molecular complexity index is 947. The number of amides is 1. The summed E-state index contributed by atoms with van der Waals surface area (Å²) in [7, 11) is 1.64. The predicted octanol–water partition coefficient (Wildman–Crippen LogP) is 4.13. The fourth-order valence-electron chi connectivity index (χ4n) is 3.54. The van der Waals surface area contributed by atoms with Gasteiger partial charge >= 0.3 is 0 Å². The number of hydrogen-bond donors (Lipinski definition) is 1. The fraction of sp³-hybridized carbons (Fsp3) is 0.333. The molecule has 0 atom stereocenters. The molecule has 1 aliphatic heterocycles. The molecule has 1 fully saturated rings. The number of benzene rings is 2. The van der Waals surface area contributed by atoms with Gasteiger partial charge in [0, 0.05) is 35.6 Å². The number of halogens is 1. The van der Waals surface area contributed by atoms with Crippen molar-refractivity contribution in [3.05, 3.63) is 52.5 Å². The first-order valence-corrected chi connectivity index (χ1v) is 10.1. The van der Waals surface area contributed by atoms with Crippen LogP contribution in [0.15, 0.2) is 51.4 Å². The summed E-state index contributed by atoms with van der Waals surface area (Å²) in [4.78, 5) is 19.3. The number of anilines is 1. The first kappa shape index (κ1) is 18.8. The van der Waals surface area contributed by atoms with Gasteiger partial charge in [0.1, 0.15) is 11.3 Å². The van der Waals surface area contributed by atoms with Gasteiger partial charge in [0.05, 0.1) is 7.11 Å². The van der Waals surface area contributed by atoms with Crippen LogP contribution in [0.4, 0.5) is 6.01 Å². The summed E-state index contributed by atoms with van der Waals surface area (Å²) in [6.07, 6.45) is 1.56. The number of nitrogens with one attached hydrogen (secondary N) is 1. The van der Waals surface area contributed by atoms with E-state index < -0.39 is 0 Å². The van der Waals surface area contributed by atoms with Gasteiger partial charge in [-0.3, -0.25) is 4.79 Å². The minimum Gasteiger partial charge on any atom is -0.496 e. The van der Waals surface area contributed by atoms with Crippen molar-refractivity contribution in [2.24, 2.45) is 5.92 Å². The van der Waals surface area contributed by atoms with Crippen molar-refractivity contribution in [3.63, 3.8) is 0 Å². The lowest BCUT2D eigenvalue weighted by Crippen LogP contribution is -2.40. The van der Waals surface area contributed by atoms with Crippen LogP contribution in [0.25, 0.3) is 11.1 Å². The maximum atomic E-state index is 12.6. The number of rotatable bonds is 5. The molecule has 2 aromatic carbocycles. The first-order chi connectivity index (χ1) is 13.6. The van der Waals surface area contributed by atoms with Gasteiger partial charge in [0.2, 0.25) is 5.91 Å². The molecule has 1 N–H and O–H groups in total. The molecule has 4 rings (SSSR count). The number of nitrogens with zero attached hydrogens (tertiary/aromatic N) is 2. The minimum absolute atomic E-state index is 0.00113. The van der Waals surface area contributed by atoms with Crippen molar-refractivity contribution >= 4 is 39.0 Å². The quantitative estimate of drug-likeness (QED) is 0.641. The Morgan fingerprint density at radius 3 is 2.82 bits per heavy atom. The molecular weight excluding hydrogens is 422 g/mol. The Labute approximate surface area is 172 Å². The summed E-state index contributed by atoms with van der Waals surface area (Å²) < 4.78 is 12.2. The number of aromatic nitrogens is 1. The molecule has 3 aromatic rings. The van der Waals surface area contributed by atoms with Gasteiger partial charge in [-0.1, -0.05) is 28.1 Å². The number of carbonyl (C=O) groups excluding carboxylic acids is 1. The molecule has 2 heterocycles. The lowest BCUT2D eigenvalue weighted by atomic mass is 9.96. The standard InChI is InChI=1S/C21H22BrN3O3/c1-27-18-7-6-16(22)12-15(18)13-23-20(26)14-8-10-25(11-9-14)21-24-17-4-2-3-5-19(17)28-21/h2-7,12,14H,8-11,13H2,1H3,(H,23,26). The largest absolute Gasteiger partial charge is 0.496 e. The molecule has 6 nitrogen and oxygen atoms in total. The molecular formula is C21H22BrN3O3. The van der Waals surface area contributed by atoms with E-state index in [-0.39, 0.29) is 11.8 Å². The van der Waals surface area contributed by atoms with Gasteiger partial charge in [0.25, 0.3) is 6.01 Å². The van der Waals surface area contributed by atoms with Gasteiger partial charge < -0.3 is 19.4 Å². The van der Waals surface area contributed by atoms with Crippen LogP contribution in [0.3, 0.4) is 0 Å². The second-order valence-electron chi connectivity index (χ2n) is 6.90. The van der Waals surface area contributed by atoms with Gasteiger partial charge in [-0.15, -0.1) is 0 Å². The minimum atomic E-state index is -0.00113. The second-order valence-corrected chi connectivity index (χ2v) is 7.82. The van der Waals surface area contributed by atoms with Crippen LogP contribution in [0.2, 0.25) is 0 Å². The number of carbonyl (C=O) groups is 1. The fourth-order valence-corrected chi connectivity index (χ4v) is 3.95. The molecule has 0 saturated carbocycles. The van der Waals surface area contributed by atoms with Crippen LogP contribution in [0.5, 0.6) is 5.75 Å². The molecule has 1 aliphatic rings. The average Bonchev–Trinajstić information content (AvgIpc) is 3.16. The van der Waals surface area contributed by atoms with Crippen LogP contribution in [0, 0.1) is 5.92 Å². The van der Waals surface area contributed by atoms with E-state index in [9.17, 15) is 4.79 Å². The summed E-state index contributed by atoms with van der Waals surface area (Å²) in [5.41, 5.74) is 2.61. The molecule has 1 amide bonds. The highest BCUT2D eigenvalue weighted by Gasteiger charge is 2.27. The first-order valence-electron chi connectivity index (χ1n) is 9.34. The average molecular weight is 444 g/mol. The summed E-state index contributed by atoms with van der Waals surface area (Å²) >= 11 is 3.46. The van der Waals surface area contributed by atoms with Crippen molar-refractivity contribution < 1.29 is 13.9 Å². The third-order valence-electron chi connectivity index (χ3n) is 5.11. The molecule has 28 heavy (non-hydrogen) atoms. The zero-order valence-electron chi connectivity index (χ0n) is 15.7. The Kier molecular flexibility index (Phi) is 5.52. The van der Waals surface area contributed by atoms with Crippen molar-refractivity contribution in [1.82, 2.24) is 10.3 Å². The normalized spacial score (nSPS) is 15.0. The molecule has 1 aromatic heterocycles. The van der Waals surface area contributed by atoms with E-state index in [1.54, 1.807) is 7.11 Å². The van der Waals surface area contributed by atoms with Crippen LogP contribution >= 0.6 is 15.9 Å². The summed E-state index contributed by atoms with van der Waals surface area (Å²) in [6.45, 7) is 1.96. The SMILES string of the molecule is COc1ccc(Br)cc1CNC(=O)C1CCN(c2nc3ccccc3o2)CC1. The van der Waals surface area contributed by atoms with Gasteiger partial charge in [-0.2, -0.15) is 4.98 Å². The molecule has 146 valence electrons. The van der Waals surface area contributed by atoms with Crippen LogP contribution < -0.4 is 15.0 Å². The highest BCUT2D eigenvalue weighted by atomic mass is 79.9. The highest BCUT2D eigenvalue weighted by Crippen LogP contribution is 2.27. The lowest BCUT2D eigenvalue weighted by molar-refractivity contribution is -0.125. The Hall–Kier alpha value is -2.54. The Balaban J connectivity index is 1.33. The molecule has 0 bridgehead atoms. The van der Waals surface area contributed by atoms with Crippen LogP contribution in [-0.2, 0) is 11.3 Å². The van der Waals surface area contributed by atoms with Crippen LogP contribution in [-0.4, -0.2) is 31.1 Å². The van der Waals surface area contributed by atoms with Crippen molar-refractivity contribution in [2.75, 3.05) is 25.1 Å². The van der Waals surface area contributed by atoms with Gasteiger partial charge in [-0.25, -0.2) is 0 Å². The lowest BCUT2D eigenvalue weighted by Gasteiger charge is -2.30. The monoisotopic (exact) mass is 443 g/mol. The molecule has 0 spiro atoms. The zero-order valence-corrected chi connectivity index (χ0v) is 17.2. The maximum absolute atomic E-state index is 12.6. The summed E-state index contributed by atoms with van der Waals surface area (Å²) in [5, 5.41) is 3.05. The van der Waals surface area contributed by atoms with E-state index in [1.165, 1.54) is 0 Å². The molecule has 0 aliphatic carbocycles. The Morgan fingerprint density at radius 1 is 1.29 bits per heavy atom. The number of para-hydroxylation sites is 2. The second kappa shape index (κ2) is 8.22. The number of hydrogen-bond acceptors (Lipinski definition) is 5. The van der Waals surface area contributed by atoms with E-state index in [1.807, 2.05) is 42.5 Å². The predicted molar refractivity (Wildman–Crippen MR) is 111 cm³/mol. The van der Waals surface area contributed by atoms with E-state index in [0.717, 1.165) is 52.8 Å². The van der Waals surface area contributed by atoms with E-state index in [4.69, 9.17) is 9.15 Å². The van der Waals surface area contributed by atoms with E-state index in [2.05, 4.69) is 31.1 Å². The smallest absolute Gasteiger partial charge is 0.298 e.